The third-order valence-electron chi connectivity index (χ3n) is 1.67. The minimum absolute atomic E-state index is 0.00815. The van der Waals surface area contributed by atoms with Gasteiger partial charge in [-0.3, -0.25) is 0 Å². The summed E-state index contributed by atoms with van der Waals surface area (Å²) < 4.78 is 0.609. The van der Waals surface area contributed by atoms with Crippen LogP contribution in [0.3, 0.4) is 0 Å². The van der Waals surface area contributed by atoms with Crippen molar-refractivity contribution in [1.82, 2.24) is 4.98 Å². The Morgan fingerprint density at radius 3 is 2.50 bits per heavy atom. The van der Waals surface area contributed by atoms with Gasteiger partial charge in [-0.15, -0.1) is 0 Å². The Bertz CT molecular complexity index is 413. The summed E-state index contributed by atoms with van der Waals surface area (Å²) in [5, 5.41) is 8.72. The van der Waals surface area contributed by atoms with E-state index in [1.165, 1.54) is 12.3 Å². The van der Waals surface area contributed by atoms with E-state index >= 15 is 0 Å². The summed E-state index contributed by atoms with van der Waals surface area (Å²) in [5.41, 5.74) is 1.43. The quantitative estimate of drug-likeness (QED) is 0.918. The Morgan fingerprint density at radius 2 is 2.12 bits per heavy atom. The van der Waals surface area contributed by atoms with Crippen molar-refractivity contribution < 1.29 is 9.90 Å². The highest BCUT2D eigenvalue weighted by molar-refractivity contribution is 9.15. The molecule has 16 heavy (non-hydrogen) atoms. The molecular formula is C12H14BrNO2. The number of halogens is 1. The van der Waals surface area contributed by atoms with Crippen molar-refractivity contribution in [2.24, 2.45) is 0 Å². The average molecular weight is 284 g/mol. The molecule has 0 amide bonds. The van der Waals surface area contributed by atoms with Crippen LogP contribution in [0, 0.1) is 0 Å². The zero-order valence-corrected chi connectivity index (χ0v) is 10.9. The van der Waals surface area contributed by atoms with Crippen LogP contribution in [0.4, 0.5) is 0 Å². The van der Waals surface area contributed by atoms with Gasteiger partial charge in [0.25, 0.3) is 0 Å². The maximum absolute atomic E-state index is 10.6. The van der Waals surface area contributed by atoms with Crippen LogP contribution in [-0.4, -0.2) is 16.1 Å². The largest absolute Gasteiger partial charge is 0.477 e. The molecule has 0 aliphatic heterocycles. The fraction of sp³-hybridized carbons (Fsp3) is 0.167. The van der Waals surface area contributed by atoms with Crippen molar-refractivity contribution in [2.75, 3.05) is 0 Å². The molecule has 1 aromatic heterocycles. The maximum Gasteiger partial charge on any atom is 0.354 e. The predicted molar refractivity (Wildman–Crippen MR) is 70.6 cm³/mol. The molecule has 1 rings (SSSR count). The van der Waals surface area contributed by atoms with E-state index in [-0.39, 0.29) is 5.69 Å². The van der Waals surface area contributed by atoms with Gasteiger partial charge in [0, 0.05) is 16.2 Å². The van der Waals surface area contributed by atoms with Gasteiger partial charge in [0.15, 0.2) is 0 Å². The summed E-state index contributed by atoms with van der Waals surface area (Å²) in [6.07, 6.45) is 3.05. The number of carboxylic acids is 1. The standard InChI is InChI=1S/C10H8BrNO2.C2H6/c1-3-7-5-12-9(10(13)14)4-8(7)6(2)11;1-2/h3-5H,1-2H2,(H,13,14);1-2H3. The normalized spacial score (nSPS) is 8.69. The first-order valence-corrected chi connectivity index (χ1v) is 5.56. The van der Waals surface area contributed by atoms with Crippen molar-refractivity contribution in [2.45, 2.75) is 13.8 Å². The van der Waals surface area contributed by atoms with Crippen LogP contribution in [-0.2, 0) is 0 Å². The van der Waals surface area contributed by atoms with Crippen LogP contribution >= 0.6 is 15.9 Å². The third-order valence-corrected chi connectivity index (χ3v) is 2.09. The molecule has 1 heterocycles. The minimum atomic E-state index is -1.06. The molecule has 4 heteroatoms. The average Bonchev–Trinajstić information content (AvgIpc) is 2.30. The van der Waals surface area contributed by atoms with Crippen LogP contribution < -0.4 is 0 Å². The monoisotopic (exact) mass is 283 g/mol. The Balaban J connectivity index is 0.00000106. The number of rotatable bonds is 3. The highest BCUT2D eigenvalue weighted by atomic mass is 79.9. The van der Waals surface area contributed by atoms with Crippen molar-refractivity contribution in [3.63, 3.8) is 0 Å². The summed E-state index contributed by atoms with van der Waals surface area (Å²) in [5.74, 6) is -1.06. The molecule has 1 N–H and O–H groups in total. The Labute approximate surface area is 104 Å². The maximum atomic E-state index is 10.6. The Hall–Kier alpha value is -1.42. The molecule has 0 aromatic carbocycles. The van der Waals surface area contributed by atoms with E-state index < -0.39 is 5.97 Å². The fourth-order valence-corrected chi connectivity index (χ4v) is 1.32. The molecule has 0 saturated heterocycles. The molecule has 0 radical (unpaired) electrons. The molecule has 0 aliphatic carbocycles. The van der Waals surface area contributed by atoms with Crippen molar-refractivity contribution >= 4 is 32.5 Å². The second-order valence-corrected chi connectivity index (χ2v) is 3.53. The van der Waals surface area contributed by atoms with Gasteiger partial charge in [0.1, 0.15) is 5.69 Å². The molecule has 0 fully saturated rings. The van der Waals surface area contributed by atoms with E-state index in [0.717, 1.165) is 5.56 Å². The van der Waals surface area contributed by atoms with Gasteiger partial charge in [-0.25, -0.2) is 9.78 Å². The van der Waals surface area contributed by atoms with Crippen molar-refractivity contribution in [3.8, 4) is 0 Å². The summed E-state index contributed by atoms with van der Waals surface area (Å²) in [4.78, 5) is 14.4. The number of aromatic carboxylic acids is 1. The van der Waals surface area contributed by atoms with Crippen LogP contribution in [0.15, 0.2) is 25.4 Å². The molecule has 0 unspecified atom stereocenters. The molecule has 86 valence electrons. The van der Waals surface area contributed by atoms with Gasteiger partial charge in [-0.2, -0.15) is 0 Å². The molecule has 0 aliphatic rings. The number of carboxylic acid groups (broad SMARTS) is 1. The lowest BCUT2D eigenvalue weighted by Gasteiger charge is -2.04. The SMILES string of the molecule is C=Cc1cnc(C(=O)O)cc1C(=C)Br.CC. The number of hydrogen-bond donors (Lipinski definition) is 1. The smallest absolute Gasteiger partial charge is 0.354 e. The third kappa shape index (κ3) is 3.62. The van der Waals surface area contributed by atoms with Gasteiger partial charge in [0.05, 0.1) is 0 Å². The second kappa shape index (κ2) is 6.95. The lowest BCUT2D eigenvalue weighted by Crippen LogP contribution is -2.01. The van der Waals surface area contributed by atoms with Crippen molar-refractivity contribution in [3.05, 3.63) is 42.2 Å². The van der Waals surface area contributed by atoms with E-state index in [1.54, 1.807) is 6.08 Å². The topological polar surface area (TPSA) is 50.2 Å². The number of aromatic nitrogens is 1. The molecule has 3 nitrogen and oxygen atoms in total. The number of hydrogen-bond acceptors (Lipinski definition) is 2. The summed E-state index contributed by atoms with van der Waals surface area (Å²) in [6, 6.07) is 1.45. The molecular weight excluding hydrogens is 270 g/mol. The van der Waals surface area contributed by atoms with Crippen LogP contribution in [0.25, 0.3) is 10.6 Å². The first kappa shape index (κ1) is 14.6. The van der Waals surface area contributed by atoms with Gasteiger partial charge in [0.2, 0.25) is 0 Å². The summed E-state index contributed by atoms with van der Waals surface area (Å²) in [6.45, 7) is 11.3. The molecule has 0 saturated carbocycles. The Kier molecular flexibility index (Phi) is 6.34. The van der Waals surface area contributed by atoms with E-state index in [4.69, 9.17) is 5.11 Å². The Morgan fingerprint density at radius 1 is 1.56 bits per heavy atom. The lowest BCUT2D eigenvalue weighted by atomic mass is 10.1. The lowest BCUT2D eigenvalue weighted by molar-refractivity contribution is 0.0690. The minimum Gasteiger partial charge on any atom is -0.477 e. The molecule has 1 aromatic rings. The van der Waals surface area contributed by atoms with Crippen molar-refractivity contribution in [1.29, 1.82) is 0 Å². The molecule has 0 spiro atoms. The number of carbonyl (C=O) groups is 1. The van der Waals surface area contributed by atoms with Gasteiger partial charge >= 0.3 is 5.97 Å². The molecule has 0 atom stereocenters. The first-order valence-electron chi connectivity index (χ1n) is 4.77. The second-order valence-electron chi connectivity index (χ2n) is 2.57. The van der Waals surface area contributed by atoms with E-state index in [0.29, 0.717) is 10.0 Å². The zero-order chi connectivity index (χ0) is 12.7. The predicted octanol–water partition coefficient (Wildman–Crippen LogP) is 3.81. The van der Waals surface area contributed by atoms with E-state index in [2.05, 4.69) is 34.1 Å². The van der Waals surface area contributed by atoms with E-state index in [9.17, 15) is 4.79 Å². The first-order chi connectivity index (χ1) is 7.56. The van der Waals surface area contributed by atoms with Gasteiger partial charge in [-0.05, 0) is 11.6 Å². The van der Waals surface area contributed by atoms with Crippen LogP contribution in [0.1, 0.15) is 35.5 Å². The van der Waals surface area contributed by atoms with Gasteiger partial charge in [-0.1, -0.05) is 49.0 Å². The van der Waals surface area contributed by atoms with E-state index in [1.807, 2.05) is 13.8 Å². The number of pyridine rings is 1. The summed E-state index contributed by atoms with van der Waals surface area (Å²) >= 11 is 3.19. The summed E-state index contributed by atoms with van der Waals surface area (Å²) in [7, 11) is 0. The molecule has 0 bridgehead atoms. The van der Waals surface area contributed by atoms with Crippen LogP contribution in [0.5, 0.6) is 0 Å². The van der Waals surface area contributed by atoms with Crippen LogP contribution in [0.2, 0.25) is 0 Å². The zero-order valence-electron chi connectivity index (χ0n) is 9.33. The van der Waals surface area contributed by atoms with Gasteiger partial charge < -0.3 is 5.11 Å². The highest BCUT2D eigenvalue weighted by Crippen LogP contribution is 2.23. The fourth-order valence-electron chi connectivity index (χ4n) is 0.980. The highest BCUT2D eigenvalue weighted by Gasteiger charge is 2.09. The number of nitrogens with zero attached hydrogens (tertiary/aromatic N) is 1.